The highest BCUT2D eigenvalue weighted by Gasteiger charge is 2.35. The van der Waals surface area contributed by atoms with Gasteiger partial charge in [-0.15, -0.1) is 0 Å². The van der Waals surface area contributed by atoms with Gasteiger partial charge in [-0.25, -0.2) is 0 Å². The van der Waals surface area contributed by atoms with Crippen molar-refractivity contribution < 1.29 is 36.2 Å². The third-order valence-corrected chi connectivity index (χ3v) is 5.39. The van der Waals surface area contributed by atoms with Crippen LogP contribution < -0.4 is 14.8 Å². The van der Waals surface area contributed by atoms with Crippen LogP contribution in [0.2, 0.25) is 0 Å². The van der Waals surface area contributed by atoms with Crippen molar-refractivity contribution >= 4 is 17.6 Å². The number of ether oxygens (including phenoxy) is 1. The minimum atomic E-state index is -4.69. The van der Waals surface area contributed by atoms with Gasteiger partial charge in [0.05, 0.1) is 17.7 Å². The molecule has 3 N–H and O–H groups in total. The molecule has 1 heterocycles. The molecule has 0 bridgehead atoms. The molecule has 0 atom stereocenters. The minimum absolute atomic E-state index is 0.133. The van der Waals surface area contributed by atoms with E-state index >= 15 is 0 Å². The van der Waals surface area contributed by atoms with Crippen LogP contribution in [0.4, 0.5) is 32.0 Å². The molecule has 1 aliphatic rings. The van der Waals surface area contributed by atoms with Gasteiger partial charge in [0.25, 0.3) is 0 Å². The van der Waals surface area contributed by atoms with Crippen molar-refractivity contribution in [3.63, 3.8) is 0 Å². The van der Waals surface area contributed by atoms with Crippen molar-refractivity contribution in [1.29, 1.82) is 0 Å². The summed E-state index contributed by atoms with van der Waals surface area (Å²) in [4.78, 5) is 0.360. The normalized spacial score (nSPS) is 13.9. The summed E-state index contributed by atoms with van der Waals surface area (Å²) in [6.45, 7) is 4.51. The fourth-order valence-corrected chi connectivity index (χ4v) is 3.49. The monoisotopic (exact) mass is 496 g/mol. The summed E-state index contributed by atoms with van der Waals surface area (Å²) < 4.78 is 85.2. The highest BCUT2D eigenvalue weighted by Crippen LogP contribution is 2.40. The number of anilines is 1. The number of hydrogen-bond donors (Lipinski definition) is 3. The van der Waals surface area contributed by atoms with Gasteiger partial charge in [0.15, 0.2) is 0 Å². The van der Waals surface area contributed by atoms with E-state index < -0.39 is 29.2 Å². The fraction of sp³-hybridized carbons (Fsp3) is 0.455. The van der Waals surface area contributed by atoms with Crippen molar-refractivity contribution in [3.05, 3.63) is 47.5 Å². The van der Waals surface area contributed by atoms with E-state index in [1.807, 2.05) is 6.92 Å². The van der Waals surface area contributed by atoms with E-state index in [9.17, 15) is 31.4 Å². The Morgan fingerprint density at radius 3 is 2.12 bits per heavy atom. The lowest BCUT2D eigenvalue weighted by atomic mass is 10.2. The Morgan fingerprint density at radius 2 is 1.61 bits per heavy atom. The van der Waals surface area contributed by atoms with Gasteiger partial charge in [0, 0.05) is 16.6 Å². The molecule has 3 rings (SSSR count). The second-order valence-corrected chi connectivity index (χ2v) is 8.13. The zero-order chi connectivity index (χ0) is 24.5. The summed E-state index contributed by atoms with van der Waals surface area (Å²) in [7, 11) is 0. The molecule has 1 fully saturated rings. The lowest BCUT2D eigenvalue weighted by Gasteiger charge is -2.15. The summed E-state index contributed by atoms with van der Waals surface area (Å²) in [6, 6.07) is 6.02. The van der Waals surface area contributed by atoms with Crippen LogP contribution in [0.1, 0.15) is 43.7 Å². The molecular formula is C22H26F6N2O2S. The average molecular weight is 497 g/mol. The molecule has 0 radical (unpaired) electrons. The molecule has 0 amide bonds. The first-order valence-corrected chi connectivity index (χ1v) is 11.2. The van der Waals surface area contributed by atoms with Gasteiger partial charge >= 0.3 is 12.4 Å². The third-order valence-electron chi connectivity index (χ3n) is 4.56. The molecule has 0 unspecified atom stereocenters. The number of nitrogens with one attached hydrogen (secondary N) is 2. The number of alkyl halides is 6. The number of phenols is 1. The smallest absolute Gasteiger partial charge is 0.419 e. The molecule has 4 nitrogen and oxygen atoms in total. The van der Waals surface area contributed by atoms with Crippen LogP contribution in [0.15, 0.2) is 41.3 Å². The van der Waals surface area contributed by atoms with E-state index in [4.69, 9.17) is 4.74 Å². The van der Waals surface area contributed by atoms with E-state index in [1.54, 1.807) is 0 Å². The Hall–Kier alpha value is -2.27. The Bertz CT molecular complexity index is 879. The maximum absolute atomic E-state index is 13.1. The van der Waals surface area contributed by atoms with E-state index in [-0.39, 0.29) is 18.0 Å². The first-order chi connectivity index (χ1) is 15.5. The predicted molar refractivity (Wildman–Crippen MR) is 117 cm³/mol. The van der Waals surface area contributed by atoms with E-state index in [0.717, 1.165) is 36.6 Å². The van der Waals surface area contributed by atoms with E-state index in [2.05, 4.69) is 10.0 Å². The number of aromatic hydroxyl groups is 1. The molecule has 0 saturated carbocycles. The van der Waals surface area contributed by atoms with Crippen LogP contribution in [-0.2, 0) is 12.4 Å². The first-order valence-electron chi connectivity index (χ1n) is 10.4. The first kappa shape index (κ1) is 27.0. The topological polar surface area (TPSA) is 53.5 Å². The summed E-state index contributed by atoms with van der Waals surface area (Å²) in [5.74, 6) is -1.27. The molecule has 184 valence electrons. The Balaban J connectivity index is 0.000000678. The van der Waals surface area contributed by atoms with Gasteiger partial charge < -0.3 is 19.9 Å². The number of phenolic OH excluding ortho intramolecular Hbond substituents is 1. The van der Waals surface area contributed by atoms with Crippen molar-refractivity contribution in [2.75, 3.05) is 24.4 Å². The molecule has 33 heavy (non-hydrogen) atoms. The zero-order valence-electron chi connectivity index (χ0n) is 17.9. The predicted octanol–water partition coefficient (Wildman–Crippen LogP) is 7.10. The zero-order valence-corrected chi connectivity index (χ0v) is 18.8. The van der Waals surface area contributed by atoms with Gasteiger partial charge in [-0.1, -0.05) is 13.3 Å². The highest BCUT2D eigenvalue weighted by atomic mass is 32.2. The van der Waals surface area contributed by atoms with Crippen LogP contribution in [-0.4, -0.2) is 24.8 Å². The average Bonchev–Trinajstić information content (AvgIpc) is 3.31. The fourth-order valence-electron chi connectivity index (χ4n) is 2.82. The van der Waals surface area contributed by atoms with E-state index in [0.29, 0.717) is 17.4 Å². The van der Waals surface area contributed by atoms with Crippen molar-refractivity contribution in [2.45, 2.75) is 49.9 Å². The second kappa shape index (κ2) is 12.3. The molecule has 1 aliphatic heterocycles. The van der Waals surface area contributed by atoms with E-state index in [1.165, 1.54) is 38.1 Å². The Labute approximate surface area is 192 Å². The number of rotatable bonds is 7. The molecule has 2 aromatic carbocycles. The van der Waals surface area contributed by atoms with Gasteiger partial charge in [-0.3, -0.25) is 0 Å². The van der Waals surface area contributed by atoms with Crippen molar-refractivity contribution in [1.82, 2.24) is 5.32 Å². The quantitative estimate of drug-likeness (QED) is 0.217. The Morgan fingerprint density at radius 1 is 0.970 bits per heavy atom. The number of hydrogen-bond acceptors (Lipinski definition) is 5. The molecule has 0 aromatic heterocycles. The largest absolute Gasteiger partial charge is 0.507 e. The molecule has 11 heteroatoms. The number of halogens is 6. The maximum atomic E-state index is 13.1. The number of unbranched alkanes of at least 4 members (excludes halogenated alkanes) is 1. The van der Waals surface area contributed by atoms with Crippen molar-refractivity contribution in [2.24, 2.45) is 0 Å². The van der Waals surface area contributed by atoms with Crippen LogP contribution in [0.5, 0.6) is 11.5 Å². The van der Waals surface area contributed by atoms with Crippen LogP contribution in [0.3, 0.4) is 0 Å². The van der Waals surface area contributed by atoms with Gasteiger partial charge in [0.1, 0.15) is 11.5 Å². The minimum Gasteiger partial charge on any atom is -0.507 e. The second-order valence-electron chi connectivity index (χ2n) is 7.25. The summed E-state index contributed by atoms with van der Waals surface area (Å²) >= 11 is 0.879. The molecular weight excluding hydrogens is 470 g/mol. The molecule has 0 aliphatic carbocycles. The summed E-state index contributed by atoms with van der Waals surface area (Å²) in [5.41, 5.74) is -1.92. The van der Waals surface area contributed by atoms with Gasteiger partial charge in [-0.05, 0) is 74.6 Å². The lowest BCUT2D eigenvalue weighted by molar-refractivity contribution is -0.139. The third kappa shape index (κ3) is 8.88. The summed E-state index contributed by atoms with van der Waals surface area (Å²) in [5, 5.41) is 12.7. The van der Waals surface area contributed by atoms with Gasteiger partial charge in [-0.2, -0.15) is 26.3 Å². The molecule has 1 saturated heterocycles. The SMILES string of the molecule is C1CCNC1.CCCCOc1cc(SNc2ccc(C(F)(F)F)c(O)c2)ccc1C(F)(F)F. The van der Waals surface area contributed by atoms with Crippen molar-refractivity contribution in [3.8, 4) is 11.5 Å². The molecule has 0 spiro atoms. The lowest BCUT2D eigenvalue weighted by Crippen LogP contribution is -2.09. The number of benzene rings is 2. The Kier molecular flexibility index (Phi) is 10.0. The molecule has 2 aromatic rings. The maximum Gasteiger partial charge on any atom is 0.419 e. The van der Waals surface area contributed by atoms with Crippen LogP contribution in [0, 0.1) is 0 Å². The summed E-state index contributed by atoms with van der Waals surface area (Å²) in [6.07, 6.45) is -5.13. The standard InChI is InChI=1S/C18H17F6NO2S.C4H9N/c1-2-3-8-27-16-10-12(5-7-14(16)18(22,23)24)28-25-11-4-6-13(15(26)9-11)17(19,20)21;1-2-4-5-3-1/h4-7,9-10,25-26H,2-3,8H2,1H3;5H,1-4H2. The highest BCUT2D eigenvalue weighted by molar-refractivity contribution is 8.00. The van der Waals surface area contributed by atoms with Crippen LogP contribution >= 0.6 is 11.9 Å². The van der Waals surface area contributed by atoms with Crippen LogP contribution in [0.25, 0.3) is 0 Å². The van der Waals surface area contributed by atoms with Gasteiger partial charge in [0.2, 0.25) is 0 Å².